The number of carboxylic acids is 1. The molecule has 2 aromatic rings. The quantitative estimate of drug-likeness (QED) is 0.776. The van der Waals surface area contributed by atoms with Crippen molar-refractivity contribution in [2.24, 2.45) is 0 Å². The number of carboxylic acid groups (broad SMARTS) is 1. The molecule has 0 fully saturated rings. The number of aromatic amines is 1. The number of rotatable bonds is 2. The fourth-order valence-electron chi connectivity index (χ4n) is 1.33. The fraction of sp³-hybridized carbons (Fsp3) is 0.222. The summed E-state index contributed by atoms with van der Waals surface area (Å²) in [5, 5.41) is 14.9. The van der Waals surface area contributed by atoms with Crippen molar-refractivity contribution >= 4 is 5.97 Å². The van der Waals surface area contributed by atoms with Gasteiger partial charge in [-0.15, -0.1) is 0 Å². The molecule has 0 saturated heterocycles. The monoisotopic (exact) mass is 207 g/mol. The number of nitrogens with zero attached hydrogens (tertiary/aromatic N) is 2. The average molecular weight is 207 g/mol. The highest BCUT2D eigenvalue weighted by Gasteiger charge is 2.14. The van der Waals surface area contributed by atoms with Gasteiger partial charge in [-0.25, -0.2) is 9.78 Å². The molecule has 2 aromatic heterocycles. The summed E-state index contributed by atoms with van der Waals surface area (Å²) in [6.07, 6.45) is 0. The molecule has 6 nitrogen and oxygen atoms in total. The first-order valence-electron chi connectivity index (χ1n) is 4.31. The lowest BCUT2D eigenvalue weighted by Gasteiger charge is -1.89. The van der Waals surface area contributed by atoms with Crippen LogP contribution in [0.1, 0.15) is 22.1 Å². The molecule has 2 heterocycles. The molecule has 2 N–H and O–H groups in total. The summed E-state index contributed by atoms with van der Waals surface area (Å²) in [7, 11) is 0. The number of oxazole rings is 1. The van der Waals surface area contributed by atoms with Crippen LogP contribution in [0.25, 0.3) is 11.5 Å². The van der Waals surface area contributed by atoms with E-state index in [9.17, 15) is 4.79 Å². The standard InChI is InChI=1S/C9H9N3O3/c1-4-8(15-5(2)10-4)6-3-7(9(13)14)12-11-6/h3H,1-2H3,(H,11,12)(H,13,14). The number of aromatic nitrogens is 3. The Bertz CT molecular complexity index is 512. The van der Waals surface area contributed by atoms with Gasteiger partial charge in [-0.2, -0.15) is 5.10 Å². The van der Waals surface area contributed by atoms with E-state index < -0.39 is 5.97 Å². The third-order valence-electron chi connectivity index (χ3n) is 1.95. The normalized spacial score (nSPS) is 10.5. The number of aromatic carboxylic acids is 1. The Kier molecular flexibility index (Phi) is 2.03. The number of carbonyl (C=O) groups is 1. The lowest BCUT2D eigenvalue weighted by molar-refractivity contribution is 0.0690. The van der Waals surface area contributed by atoms with Gasteiger partial charge < -0.3 is 9.52 Å². The molecule has 0 aliphatic heterocycles. The maximum atomic E-state index is 10.6. The number of aryl methyl sites for hydroxylation is 2. The third-order valence-corrected chi connectivity index (χ3v) is 1.95. The highest BCUT2D eigenvalue weighted by Crippen LogP contribution is 2.22. The van der Waals surface area contributed by atoms with Crippen LogP contribution >= 0.6 is 0 Å². The zero-order valence-corrected chi connectivity index (χ0v) is 8.24. The predicted octanol–water partition coefficient (Wildman–Crippen LogP) is 1.38. The third kappa shape index (κ3) is 1.61. The molecule has 78 valence electrons. The second-order valence-corrected chi connectivity index (χ2v) is 3.12. The Morgan fingerprint density at radius 2 is 2.27 bits per heavy atom. The molecule has 2 rings (SSSR count). The minimum atomic E-state index is -1.08. The van der Waals surface area contributed by atoms with Crippen molar-refractivity contribution in [1.29, 1.82) is 0 Å². The van der Waals surface area contributed by atoms with Crippen LogP contribution in [0.2, 0.25) is 0 Å². The van der Waals surface area contributed by atoms with Crippen LogP contribution in [0.4, 0.5) is 0 Å². The molecule has 0 aromatic carbocycles. The van der Waals surface area contributed by atoms with Gasteiger partial charge in [0, 0.05) is 13.0 Å². The van der Waals surface area contributed by atoms with Gasteiger partial charge >= 0.3 is 5.97 Å². The maximum absolute atomic E-state index is 10.6. The van der Waals surface area contributed by atoms with Crippen LogP contribution in [0, 0.1) is 13.8 Å². The maximum Gasteiger partial charge on any atom is 0.356 e. The molecule has 0 unspecified atom stereocenters. The summed E-state index contributed by atoms with van der Waals surface area (Å²) in [4.78, 5) is 14.7. The SMILES string of the molecule is Cc1nc(C)c(-c2cc(C(=O)O)n[nH]2)o1. The average Bonchev–Trinajstić information content (AvgIpc) is 2.71. The van der Waals surface area contributed by atoms with Crippen molar-refractivity contribution in [2.75, 3.05) is 0 Å². The van der Waals surface area contributed by atoms with E-state index in [4.69, 9.17) is 9.52 Å². The van der Waals surface area contributed by atoms with Crippen molar-refractivity contribution in [1.82, 2.24) is 15.2 Å². The smallest absolute Gasteiger partial charge is 0.356 e. The van der Waals surface area contributed by atoms with Crippen LogP contribution in [0.15, 0.2) is 10.5 Å². The summed E-state index contributed by atoms with van der Waals surface area (Å²) in [6, 6.07) is 1.41. The van der Waals surface area contributed by atoms with E-state index in [1.54, 1.807) is 13.8 Å². The predicted molar refractivity (Wildman–Crippen MR) is 50.5 cm³/mol. The Morgan fingerprint density at radius 1 is 1.53 bits per heavy atom. The van der Waals surface area contributed by atoms with Gasteiger partial charge in [-0.05, 0) is 6.92 Å². The number of hydrogen-bond donors (Lipinski definition) is 2. The molecule has 0 bridgehead atoms. The van der Waals surface area contributed by atoms with Gasteiger partial charge in [0.2, 0.25) is 0 Å². The Labute approximate surface area is 85.0 Å². The summed E-state index contributed by atoms with van der Waals surface area (Å²) >= 11 is 0. The molecule has 6 heteroatoms. The van der Waals surface area contributed by atoms with E-state index in [0.29, 0.717) is 23.0 Å². The number of nitrogens with one attached hydrogen (secondary N) is 1. The van der Waals surface area contributed by atoms with Crippen LogP contribution < -0.4 is 0 Å². The van der Waals surface area contributed by atoms with Crippen LogP contribution in [0.5, 0.6) is 0 Å². The van der Waals surface area contributed by atoms with E-state index in [-0.39, 0.29) is 5.69 Å². The van der Waals surface area contributed by atoms with E-state index in [1.807, 2.05) is 0 Å². The summed E-state index contributed by atoms with van der Waals surface area (Å²) in [6.45, 7) is 3.51. The highest BCUT2D eigenvalue weighted by molar-refractivity contribution is 5.86. The molecule has 15 heavy (non-hydrogen) atoms. The summed E-state index contributed by atoms with van der Waals surface area (Å²) in [5.41, 5.74) is 1.18. The van der Waals surface area contributed by atoms with E-state index >= 15 is 0 Å². The van der Waals surface area contributed by atoms with E-state index in [1.165, 1.54) is 6.07 Å². The van der Waals surface area contributed by atoms with Gasteiger partial charge in [0.1, 0.15) is 5.69 Å². The zero-order chi connectivity index (χ0) is 11.0. The molecule has 0 amide bonds. The van der Waals surface area contributed by atoms with Gasteiger partial charge in [0.25, 0.3) is 0 Å². The minimum Gasteiger partial charge on any atom is -0.476 e. The van der Waals surface area contributed by atoms with Crippen LogP contribution in [0.3, 0.4) is 0 Å². The largest absolute Gasteiger partial charge is 0.476 e. The molecule has 0 aliphatic rings. The van der Waals surface area contributed by atoms with Crippen LogP contribution in [-0.4, -0.2) is 26.3 Å². The Morgan fingerprint density at radius 3 is 2.73 bits per heavy atom. The zero-order valence-electron chi connectivity index (χ0n) is 8.24. The number of H-pyrrole nitrogens is 1. The lowest BCUT2D eigenvalue weighted by atomic mass is 10.2. The van der Waals surface area contributed by atoms with E-state index in [0.717, 1.165) is 0 Å². The van der Waals surface area contributed by atoms with Gasteiger partial charge in [-0.3, -0.25) is 5.10 Å². The first-order valence-corrected chi connectivity index (χ1v) is 4.31. The first kappa shape index (κ1) is 9.45. The fourth-order valence-corrected chi connectivity index (χ4v) is 1.33. The van der Waals surface area contributed by atoms with Crippen molar-refractivity contribution in [2.45, 2.75) is 13.8 Å². The second-order valence-electron chi connectivity index (χ2n) is 3.12. The van der Waals surface area contributed by atoms with Crippen molar-refractivity contribution in [3.05, 3.63) is 23.3 Å². The molecular weight excluding hydrogens is 198 g/mol. The van der Waals surface area contributed by atoms with Crippen LogP contribution in [-0.2, 0) is 0 Å². The summed E-state index contributed by atoms with van der Waals surface area (Å²) in [5.74, 6) is -0.0205. The second kappa shape index (κ2) is 3.23. The Hall–Kier alpha value is -2.11. The highest BCUT2D eigenvalue weighted by atomic mass is 16.4. The Balaban J connectivity index is 2.45. The molecule has 0 radical (unpaired) electrons. The minimum absolute atomic E-state index is 0.0431. The molecule has 0 saturated carbocycles. The van der Waals surface area contributed by atoms with E-state index in [2.05, 4.69) is 15.2 Å². The van der Waals surface area contributed by atoms with Gasteiger partial charge in [0.05, 0.1) is 5.69 Å². The van der Waals surface area contributed by atoms with Gasteiger partial charge in [-0.1, -0.05) is 0 Å². The summed E-state index contributed by atoms with van der Waals surface area (Å²) < 4.78 is 5.32. The van der Waals surface area contributed by atoms with Crippen molar-refractivity contribution < 1.29 is 14.3 Å². The van der Waals surface area contributed by atoms with Crippen molar-refractivity contribution in [3.63, 3.8) is 0 Å². The molecule has 0 atom stereocenters. The lowest BCUT2D eigenvalue weighted by Crippen LogP contribution is -1.95. The van der Waals surface area contributed by atoms with Gasteiger partial charge in [0.15, 0.2) is 17.3 Å². The molecule has 0 aliphatic carbocycles. The topological polar surface area (TPSA) is 92.0 Å². The first-order chi connectivity index (χ1) is 7.08. The molecule has 0 spiro atoms. The number of hydrogen-bond acceptors (Lipinski definition) is 4. The molecular formula is C9H9N3O3. The van der Waals surface area contributed by atoms with Crippen molar-refractivity contribution in [3.8, 4) is 11.5 Å².